The Hall–Kier alpha value is -2.35. The van der Waals surface area contributed by atoms with Gasteiger partial charge in [-0.1, -0.05) is 18.9 Å². The molecule has 1 atom stereocenters. The number of pyridine rings is 1. The Morgan fingerprint density at radius 2 is 2.13 bits per heavy atom. The molecule has 1 fully saturated rings. The van der Waals surface area contributed by atoms with Crippen molar-refractivity contribution in [2.24, 2.45) is 28.6 Å². The van der Waals surface area contributed by atoms with Gasteiger partial charge >= 0.3 is 5.97 Å². The third-order valence-electron chi connectivity index (χ3n) is 3.96. The lowest BCUT2D eigenvalue weighted by Crippen LogP contribution is -2.36. The van der Waals surface area contributed by atoms with Gasteiger partial charge in [0.25, 0.3) is 0 Å². The smallest absolute Gasteiger partial charge is 0.307 e. The molecule has 2 rings (SSSR count). The fourth-order valence-electron chi connectivity index (χ4n) is 2.65. The van der Waals surface area contributed by atoms with Crippen molar-refractivity contribution in [3.63, 3.8) is 0 Å². The van der Waals surface area contributed by atoms with E-state index in [0.29, 0.717) is 11.7 Å². The molecule has 23 heavy (non-hydrogen) atoms. The summed E-state index contributed by atoms with van der Waals surface area (Å²) in [5.41, 5.74) is 8.78. The van der Waals surface area contributed by atoms with Crippen LogP contribution in [0.2, 0.25) is 0 Å². The molecule has 1 aliphatic rings. The molecule has 128 valence electrons. The molecule has 8 N–H and O–H groups in total. The monoisotopic (exact) mass is 322 g/mol. The van der Waals surface area contributed by atoms with E-state index in [2.05, 4.69) is 15.5 Å². The second kappa shape index (κ2) is 9.62. The fourth-order valence-corrected chi connectivity index (χ4v) is 2.65. The molecule has 1 saturated carbocycles. The number of aromatic nitrogens is 1. The van der Waals surface area contributed by atoms with E-state index in [9.17, 15) is 4.79 Å². The summed E-state index contributed by atoms with van der Waals surface area (Å²) in [6.45, 7) is 1.98. The molecule has 0 bridgehead atoms. The minimum absolute atomic E-state index is 0.229. The van der Waals surface area contributed by atoms with Crippen LogP contribution in [0.1, 0.15) is 37.7 Å². The van der Waals surface area contributed by atoms with Gasteiger partial charge in [-0.3, -0.25) is 4.79 Å². The van der Waals surface area contributed by atoms with Crippen LogP contribution in [0, 0.1) is 18.8 Å². The number of hydrazone groups is 1. The largest absolute Gasteiger partial charge is 0.481 e. The van der Waals surface area contributed by atoms with Crippen LogP contribution in [0.3, 0.4) is 0 Å². The molecular weight excluding hydrogens is 296 g/mol. The van der Waals surface area contributed by atoms with Gasteiger partial charge in [0.15, 0.2) is 0 Å². The second-order valence-corrected chi connectivity index (χ2v) is 5.67. The van der Waals surface area contributed by atoms with E-state index in [1.807, 2.05) is 13.0 Å². The summed E-state index contributed by atoms with van der Waals surface area (Å²) in [5, 5.41) is 12.5. The van der Waals surface area contributed by atoms with E-state index in [0.717, 1.165) is 31.2 Å². The number of hydrazine groups is 1. The first-order valence-electron chi connectivity index (χ1n) is 7.62. The molecule has 0 aromatic carbocycles. The number of hydrogen-bond acceptors (Lipinski definition) is 6. The van der Waals surface area contributed by atoms with Crippen molar-refractivity contribution < 1.29 is 9.90 Å². The zero-order chi connectivity index (χ0) is 17.2. The fraction of sp³-hybridized carbons (Fsp3) is 0.533. The minimum atomic E-state index is -0.793. The normalized spacial score (nSPS) is 16.3. The number of aryl methyl sites for hydroxylation is 1. The number of anilines is 1. The number of carboxylic acids is 1. The number of carboxylic acid groups (broad SMARTS) is 1. The van der Waals surface area contributed by atoms with E-state index in [1.165, 1.54) is 0 Å². The Morgan fingerprint density at radius 3 is 2.52 bits per heavy atom. The number of carbonyl (C=O) groups is 1. The number of aliphatic carboxylic acids is 1. The topological polar surface area (TPSA) is 153 Å². The van der Waals surface area contributed by atoms with Crippen LogP contribution in [0.4, 0.5) is 5.82 Å². The summed E-state index contributed by atoms with van der Waals surface area (Å²) in [6.07, 6.45) is 6.19. The maximum Gasteiger partial charge on any atom is 0.307 e. The third-order valence-corrected chi connectivity index (χ3v) is 3.96. The van der Waals surface area contributed by atoms with Gasteiger partial charge in [-0.2, -0.15) is 5.10 Å². The number of nitrogens with one attached hydrogen (secondary N) is 1. The minimum Gasteiger partial charge on any atom is -0.481 e. The first-order chi connectivity index (χ1) is 11.0. The standard InChI is InChI=1S/C9H18N4O2.C6H8N2/c10-12-8(13-11)5-7(9(14)15)6-3-1-2-4-6;1-5-2-3-6(7)8-4-5/h6-7H,1-5,10-11H2,(H,12,13)(H,14,15);2-4H,1H3,(H2,7,8). The molecule has 1 heterocycles. The average molecular weight is 322 g/mol. The lowest BCUT2D eigenvalue weighted by molar-refractivity contribution is -0.143. The molecule has 0 amide bonds. The maximum absolute atomic E-state index is 11.1. The Bertz CT molecular complexity index is 490. The molecule has 0 radical (unpaired) electrons. The highest BCUT2D eigenvalue weighted by molar-refractivity contribution is 5.85. The quantitative estimate of drug-likeness (QED) is 0.239. The summed E-state index contributed by atoms with van der Waals surface area (Å²) in [6, 6.07) is 3.72. The van der Waals surface area contributed by atoms with Crippen LogP contribution in [-0.4, -0.2) is 21.9 Å². The van der Waals surface area contributed by atoms with Crippen molar-refractivity contribution in [2.45, 2.75) is 39.0 Å². The summed E-state index contributed by atoms with van der Waals surface area (Å²) >= 11 is 0. The highest BCUT2D eigenvalue weighted by Gasteiger charge is 2.31. The summed E-state index contributed by atoms with van der Waals surface area (Å²) in [5.74, 6) is 10.2. The molecule has 0 aliphatic heterocycles. The van der Waals surface area contributed by atoms with E-state index in [4.69, 9.17) is 22.5 Å². The van der Waals surface area contributed by atoms with E-state index >= 15 is 0 Å². The predicted octanol–water partition coefficient (Wildman–Crippen LogP) is 0.975. The number of rotatable bonds is 4. The van der Waals surface area contributed by atoms with E-state index in [1.54, 1.807) is 12.3 Å². The molecule has 8 nitrogen and oxygen atoms in total. The van der Waals surface area contributed by atoms with Gasteiger partial charge in [0.05, 0.1) is 5.92 Å². The van der Waals surface area contributed by atoms with Gasteiger partial charge < -0.3 is 22.1 Å². The Balaban J connectivity index is 0.000000277. The lowest BCUT2D eigenvalue weighted by Gasteiger charge is -2.19. The van der Waals surface area contributed by atoms with Crippen LogP contribution in [0.25, 0.3) is 0 Å². The Kier molecular flexibility index (Phi) is 7.82. The molecule has 1 unspecified atom stereocenters. The predicted molar refractivity (Wildman–Crippen MR) is 90.0 cm³/mol. The van der Waals surface area contributed by atoms with Crippen LogP contribution < -0.4 is 22.8 Å². The molecule has 0 saturated heterocycles. The van der Waals surface area contributed by atoms with Crippen LogP contribution in [0.5, 0.6) is 0 Å². The highest BCUT2D eigenvalue weighted by Crippen LogP contribution is 2.33. The molecule has 1 aliphatic carbocycles. The van der Waals surface area contributed by atoms with Crippen molar-refractivity contribution in [1.82, 2.24) is 10.4 Å². The third kappa shape index (κ3) is 6.52. The van der Waals surface area contributed by atoms with Crippen molar-refractivity contribution in [3.05, 3.63) is 23.9 Å². The van der Waals surface area contributed by atoms with Crippen molar-refractivity contribution in [3.8, 4) is 0 Å². The Morgan fingerprint density at radius 1 is 1.48 bits per heavy atom. The summed E-state index contributed by atoms with van der Waals surface area (Å²) in [4.78, 5) is 14.9. The van der Waals surface area contributed by atoms with Gasteiger partial charge in [0, 0.05) is 12.6 Å². The summed E-state index contributed by atoms with van der Waals surface area (Å²) < 4.78 is 0. The SMILES string of the molecule is Cc1ccc(N)nc1.N/N=C(/CC(C(=O)O)C1CCCC1)NN. The van der Waals surface area contributed by atoms with E-state index < -0.39 is 11.9 Å². The van der Waals surface area contributed by atoms with Gasteiger partial charge in [0.2, 0.25) is 0 Å². The first-order valence-corrected chi connectivity index (χ1v) is 7.62. The second-order valence-electron chi connectivity index (χ2n) is 5.67. The number of nitrogens with zero attached hydrogens (tertiary/aromatic N) is 2. The van der Waals surface area contributed by atoms with Crippen LogP contribution >= 0.6 is 0 Å². The van der Waals surface area contributed by atoms with Gasteiger partial charge in [-0.15, -0.1) is 0 Å². The van der Waals surface area contributed by atoms with Gasteiger partial charge in [-0.25, -0.2) is 10.8 Å². The number of amidine groups is 1. The van der Waals surface area contributed by atoms with Gasteiger partial charge in [0.1, 0.15) is 11.7 Å². The first kappa shape index (κ1) is 18.7. The zero-order valence-corrected chi connectivity index (χ0v) is 13.4. The molecule has 1 aromatic rings. The molecule has 0 spiro atoms. The van der Waals surface area contributed by atoms with Crippen molar-refractivity contribution in [1.29, 1.82) is 0 Å². The number of hydrogen-bond donors (Lipinski definition) is 5. The van der Waals surface area contributed by atoms with Crippen LogP contribution in [0.15, 0.2) is 23.4 Å². The average Bonchev–Trinajstić information content (AvgIpc) is 3.06. The zero-order valence-electron chi connectivity index (χ0n) is 13.4. The summed E-state index contributed by atoms with van der Waals surface area (Å²) in [7, 11) is 0. The van der Waals surface area contributed by atoms with Crippen molar-refractivity contribution in [2.75, 3.05) is 5.73 Å². The van der Waals surface area contributed by atoms with Crippen molar-refractivity contribution >= 4 is 17.6 Å². The van der Waals surface area contributed by atoms with Crippen LogP contribution in [-0.2, 0) is 4.79 Å². The molecular formula is C15H26N6O2. The number of nitrogens with two attached hydrogens (primary N) is 3. The Labute approximate surface area is 136 Å². The number of nitrogen functional groups attached to an aromatic ring is 1. The van der Waals surface area contributed by atoms with Gasteiger partial charge in [-0.05, 0) is 37.3 Å². The molecule has 1 aromatic heterocycles. The highest BCUT2D eigenvalue weighted by atomic mass is 16.4. The van der Waals surface area contributed by atoms with E-state index in [-0.39, 0.29) is 12.3 Å². The molecule has 8 heteroatoms. The lowest BCUT2D eigenvalue weighted by atomic mass is 9.88. The maximum atomic E-state index is 11.1.